The first kappa shape index (κ1) is 12.6. The van der Waals surface area contributed by atoms with E-state index < -0.39 is 0 Å². The van der Waals surface area contributed by atoms with Crippen molar-refractivity contribution < 1.29 is 4.84 Å². The summed E-state index contributed by atoms with van der Waals surface area (Å²) in [5.74, 6) is 0. The van der Waals surface area contributed by atoms with Crippen molar-refractivity contribution in [3.05, 3.63) is 12.7 Å². The van der Waals surface area contributed by atoms with Gasteiger partial charge in [0.05, 0.1) is 5.60 Å². The Kier molecular flexibility index (Phi) is 5.95. The van der Waals surface area contributed by atoms with Crippen molar-refractivity contribution >= 4 is 0 Å². The Bertz CT molecular complexity index is 148. The van der Waals surface area contributed by atoms with E-state index in [4.69, 9.17) is 10.6 Å². The molecule has 2 atom stereocenters. The second kappa shape index (κ2) is 6.13. The number of hydrogen-bond donors (Lipinski definition) is 2. The van der Waals surface area contributed by atoms with Gasteiger partial charge in [-0.05, 0) is 26.7 Å². The maximum absolute atomic E-state index is 5.57. The number of nitrogens with one attached hydrogen (secondary N) is 1. The summed E-state index contributed by atoms with van der Waals surface area (Å²) in [6.45, 7) is 10.5. The SMILES string of the molecule is C=CCC(C)(CC)ONC[C@@H](C)N. The Morgan fingerprint density at radius 3 is 2.69 bits per heavy atom. The quantitative estimate of drug-likeness (QED) is 0.469. The zero-order valence-electron chi connectivity index (χ0n) is 8.97. The highest BCUT2D eigenvalue weighted by molar-refractivity contribution is 4.82. The average Bonchev–Trinajstić information content (AvgIpc) is 2.04. The van der Waals surface area contributed by atoms with E-state index in [2.05, 4.69) is 25.9 Å². The molecule has 1 unspecified atom stereocenters. The topological polar surface area (TPSA) is 47.3 Å². The van der Waals surface area contributed by atoms with Crippen LogP contribution in [0.2, 0.25) is 0 Å². The minimum Gasteiger partial charge on any atom is -0.327 e. The number of rotatable bonds is 7. The van der Waals surface area contributed by atoms with Gasteiger partial charge >= 0.3 is 0 Å². The molecule has 3 heteroatoms. The molecule has 0 radical (unpaired) electrons. The third kappa shape index (κ3) is 5.80. The molecule has 0 aliphatic rings. The van der Waals surface area contributed by atoms with E-state index in [1.807, 2.05) is 13.0 Å². The van der Waals surface area contributed by atoms with Crippen LogP contribution in [0, 0.1) is 0 Å². The van der Waals surface area contributed by atoms with Gasteiger partial charge in [0.2, 0.25) is 0 Å². The van der Waals surface area contributed by atoms with Crippen LogP contribution in [0.4, 0.5) is 0 Å². The van der Waals surface area contributed by atoms with Gasteiger partial charge in [-0.3, -0.25) is 4.84 Å². The third-order valence-corrected chi connectivity index (χ3v) is 2.05. The van der Waals surface area contributed by atoms with E-state index >= 15 is 0 Å². The Morgan fingerprint density at radius 1 is 1.69 bits per heavy atom. The number of hydrogen-bond acceptors (Lipinski definition) is 3. The van der Waals surface area contributed by atoms with Gasteiger partial charge in [-0.15, -0.1) is 6.58 Å². The standard InChI is InChI=1S/C10H22N2O/c1-5-7-10(4,6-2)13-12-8-9(3)11/h5,9,12H,1,6-8,11H2,2-4H3/t9-,10?/m1/s1. The van der Waals surface area contributed by atoms with E-state index in [1.54, 1.807) is 0 Å². The predicted octanol–water partition coefficient (Wildman–Crippen LogP) is 1.60. The van der Waals surface area contributed by atoms with Crippen molar-refractivity contribution in [2.75, 3.05) is 6.54 Å². The molecule has 0 spiro atoms. The van der Waals surface area contributed by atoms with Gasteiger partial charge in [0, 0.05) is 12.6 Å². The fourth-order valence-electron chi connectivity index (χ4n) is 0.911. The molecule has 0 saturated heterocycles. The van der Waals surface area contributed by atoms with Crippen LogP contribution in [0.15, 0.2) is 12.7 Å². The van der Waals surface area contributed by atoms with Crippen molar-refractivity contribution in [3.8, 4) is 0 Å². The van der Waals surface area contributed by atoms with Crippen LogP contribution >= 0.6 is 0 Å². The maximum atomic E-state index is 5.57. The molecule has 78 valence electrons. The van der Waals surface area contributed by atoms with Gasteiger partial charge in [0.25, 0.3) is 0 Å². The molecule has 3 N–H and O–H groups in total. The van der Waals surface area contributed by atoms with E-state index in [0.717, 1.165) is 12.8 Å². The summed E-state index contributed by atoms with van der Waals surface area (Å²) in [5, 5.41) is 0. The molecule has 0 aliphatic heterocycles. The van der Waals surface area contributed by atoms with Crippen LogP contribution in [0.1, 0.15) is 33.6 Å². The van der Waals surface area contributed by atoms with Crippen molar-refractivity contribution in [1.29, 1.82) is 0 Å². The largest absolute Gasteiger partial charge is 0.327 e. The van der Waals surface area contributed by atoms with Gasteiger partial charge in [-0.2, -0.15) is 0 Å². The summed E-state index contributed by atoms with van der Waals surface area (Å²) >= 11 is 0. The van der Waals surface area contributed by atoms with Gasteiger partial charge in [0.15, 0.2) is 0 Å². The zero-order valence-corrected chi connectivity index (χ0v) is 8.97. The summed E-state index contributed by atoms with van der Waals surface area (Å²) < 4.78 is 0. The minimum absolute atomic E-state index is 0.116. The third-order valence-electron chi connectivity index (χ3n) is 2.05. The lowest BCUT2D eigenvalue weighted by Crippen LogP contribution is -2.39. The first-order valence-corrected chi connectivity index (χ1v) is 4.81. The van der Waals surface area contributed by atoms with Crippen molar-refractivity contribution in [2.24, 2.45) is 5.73 Å². The molecular weight excluding hydrogens is 164 g/mol. The van der Waals surface area contributed by atoms with Crippen LogP contribution in [0.25, 0.3) is 0 Å². The van der Waals surface area contributed by atoms with Crippen LogP contribution in [0.3, 0.4) is 0 Å². The highest BCUT2D eigenvalue weighted by Crippen LogP contribution is 2.18. The Hall–Kier alpha value is -0.380. The number of nitrogens with two attached hydrogens (primary N) is 1. The van der Waals surface area contributed by atoms with Gasteiger partial charge < -0.3 is 5.73 Å². The van der Waals surface area contributed by atoms with E-state index in [-0.39, 0.29) is 11.6 Å². The number of hydroxylamine groups is 1. The Balaban J connectivity index is 3.76. The van der Waals surface area contributed by atoms with Crippen molar-refractivity contribution in [1.82, 2.24) is 5.48 Å². The summed E-state index contributed by atoms with van der Waals surface area (Å²) in [4.78, 5) is 5.53. The lowest BCUT2D eigenvalue weighted by molar-refractivity contribution is -0.0964. The van der Waals surface area contributed by atoms with E-state index in [0.29, 0.717) is 6.54 Å². The van der Waals surface area contributed by atoms with Gasteiger partial charge in [-0.1, -0.05) is 13.0 Å². The molecule has 0 aromatic heterocycles. The lowest BCUT2D eigenvalue weighted by atomic mass is 9.99. The Labute approximate surface area is 81.3 Å². The average molecular weight is 186 g/mol. The summed E-state index contributed by atoms with van der Waals surface area (Å²) in [6, 6.07) is 0.116. The normalized spacial score (nSPS) is 17.8. The van der Waals surface area contributed by atoms with Gasteiger partial charge in [-0.25, -0.2) is 5.48 Å². The molecule has 0 aromatic rings. The summed E-state index contributed by atoms with van der Waals surface area (Å²) in [7, 11) is 0. The monoisotopic (exact) mass is 186 g/mol. The van der Waals surface area contributed by atoms with Gasteiger partial charge in [0.1, 0.15) is 0 Å². The fraction of sp³-hybridized carbons (Fsp3) is 0.800. The van der Waals surface area contributed by atoms with Crippen molar-refractivity contribution in [3.63, 3.8) is 0 Å². The Morgan fingerprint density at radius 2 is 2.31 bits per heavy atom. The molecular formula is C10H22N2O. The first-order chi connectivity index (χ1) is 6.04. The zero-order chi connectivity index (χ0) is 10.3. The predicted molar refractivity (Wildman–Crippen MR) is 56.2 cm³/mol. The van der Waals surface area contributed by atoms with E-state index in [1.165, 1.54) is 0 Å². The molecule has 0 rings (SSSR count). The van der Waals surface area contributed by atoms with Crippen LogP contribution in [-0.2, 0) is 4.84 Å². The minimum atomic E-state index is -0.156. The second-order valence-electron chi connectivity index (χ2n) is 3.72. The highest BCUT2D eigenvalue weighted by Gasteiger charge is 2.21. The van der Waals surface area contributed by atoms with E-state index in [9.17, 15) is 0 Å². The van der Waals surface area contributed by atoms with Crippen LogP contribution in [-0.4, -0.2) is 18.2 Å². The molecule has 13 heavy (non-hydrogen) atoms. The molecule has 0 saturated carbocycles. The maximum Gasteiger partial charge on any atom is 0.0900 e. The molecule has 0 bridgehead atoms. The first-order valence-electron chi connectivity index (χ1n) is 4.81. The fourth-order valence-corrected chi connectivity index (χ4v) is 0.911. The smallest absolute Gasteiger partial charge is 0.0900 e. The van der Waals surface area contributed by atoms with Crippen LogP contribution in [0.5, 0.6) is 0 Å². The molecule has 0 amide bonds. The molecule has 3 nitrogen and oxygen atoms in total. The van der Waals surface area contributed by atoms with Crippen LogP contribution < -0.4 is 11.2 Å². The molecule has 0 fully saturated rings. The van der Waals surface area contributed by atoms with Crippen molar-refractivity contribution in [2.45, 2.75) is 45.3 Å². The lowest BCUT2D eigenvalue weighted by Gasteiger charge is -2.27. The molecule has 0 aromatic carbocycles. The second-order valence-corrected chi connectivity index (χ2v) is 3.72. The summed E-state index contributed by atoms with van der Waals surface area (Å²) in [6.07, 6.45) is 3.66. The molecule has 0 heterocycles. The highest BCUT2D eigenvalue weighted by atomic mass is 16.7. The molecule has 0 aliphatic carbocycles. The summed E-state index contributed by atoms with van der Waals surface area (Å²) in [5.41, 5.74) is 8.31.